The number of rotatable bonds is 6. The van der Waals surface area contributed by atoms with Crippen LogP contribution in [0.5, 0.6) is 0 Å². The number of aryl methyl sites for hydroxylation is 4. The SMILES string of the molecule is Cc1cc2ncnn2cc1C1=C(C#N)CN(S(=O)(=O)c2cnn(C)c2C)CC1.Cc1cc2ncnn2cc1C1=C(C#N)CN(S(=O)(=O)c2cnn(C)c2Cl)CC1. The van der Waals surface area contributed by atoms with Gasteiger partial charge in [-0.15, -0.1) is 0 Å². The Bertz CT molecular complexity index is 2730. The molecule has 2 aliphatic rings. The zero-order chi connectivity index (χ0) is 40.1. The number of aromatic nitrogens is 10. The van der Waals surface area contributed by atoms with Gasteiger partial charge in [0.05, 0.1) is 30.2 Å². The number of nitriles is 2. The van der Waals surface area contributed by atoms with E-state index in [1.54, 1.807) is 30.0 Å². The lowest BCUT2D eigenvalue weighted by Crippen LogP contribution is -2.37. The van der Waals surface area contributed by atoms with Gasteiger partial charge < -0.3 is 0 Å². The molecule has 0 radical (unpaired) electrons. The number of nitrogens with zero attached hydrogens (tertiary/aromatic N) is 14. The highest BCUT2D eigenvalue weighted by Gasteiger charge is 2.34. The van der Waals surface area contributed by atoms with Gasteiger partial charge in [0.1, 0.15) is 27.6 Å². The van der Waals surface area contributed by atoms with Crippen molar-refractivity contribution in [2.75, 3.05) is 26.2 Å². The van der Waals surface area contributed by atoms with Crippen molar-refractivity contribution in [2.24, 2.45) is 14.1 Å². The molecule has 0 unspecified atom stereocenters. The van der Waals surface area contributed by atoms with Crippen LogP contribution >= 0.6 is 11.6 Å². The normalized spacial score (nSPS) is 15.9. The predicted octanol–water partition coefficient (Wildman–Crippen LogP) is 3.25. The lowest BCUT2D eigenvalue weighted by atomic mass is 9.93. The lowest BCUT2D eigenvalue weighted by Gasteiger charge is -2.28. The third-order valence-electron chi connectivity index (χ3n) is 10.0. The van der Waals surface area contributed by atoms with Crippen LogP contribution < -0.4 is 0 Å². The van der Waals surface area contributed by atoms with Crippen molar-refractivity contribution < 1.29 is 16.8 Å². The maximum absolute atomic E-state index is 13.1. The van der Waals surface area contributed by atoms with Gasteiger partial charge in [0.2, 0.25) is 20.0 Å². The van der Waals surface area contributed by atoms with Gasteiger partial charge in [0.15, 0.2) is 11.3 Å². The summed E-state index contributed by atoms with van der Waals surface area (Å²) in [6.07, 6.45) is 10.1. The highest BCUT2D eigenvalue weighted by molar-refractivity contribution is 7.89. The van der Waals surface area contributed by atoms with Crippen molar-refractivity contribution in [3.63, 3.8) is 0 Å². The Kier molecular flexibility index (Phi) is 10.1. The average molecular weight is 815 g/mol. The molecule has 0 aliphatic carbocycles. The molecule has 21 heteroatoms. The molecule has 0 bridgehead atoms. The van der Waals surface area contributed by atoms with Crippen LogP contribution in [0.3, 0.4) is 0 Å². The fraction of sp³-hybridized carbons (Fsp3) is 0.314. The number of hydrogen-bond donors (Lipinski definition) is 0. The molecule has 0 fully saturated rings. The summed E-state index contributed by atoms with van der Waals surface area (Å²) in [7, 11) is -4.30. The van der Waals surface area contributed by atoms with Gasteiger partial charge in [0.25, 0.3) is 0 Å². The van der Waals surface area contributed by atoms with Gasteiger partial charge in [-0.3, -0.25) is 9.36 Å². The van der Waals surface area contributed by atoms with Crippen LogP contribution in [0.25, 0.3) is 22.4 Å². The molecule has 0 aromatic carbocycles. The van der Waals surface area contributed by atoms with E-state index in [1.807, 2.05) is 38.4 Å². The summed E-state index contributed by atoms with van der Waals surface area (Å²) >= 11 is 6.07. The van der Waals surface area contributed by atoms with Crippen LogP contribution in [0.1, 0.15) is 40.8 Å². The molecule has 0 amide bonds. The van der Waals surface area contributed by atoms with Crippen molar-refractivity contribution in [1.29, 1.82) is 10.5 Å². The number of sulfonamides is 2. The van der Waals surface area contributed by atoms with Crippen LogP contribution in [-0.2, 0) is 34.1 Å². The standard InChI is InChI=1S/C18H19N7O2S.C17H16ClN7O2S/c1-12-6-18-20-11-22-25(18)10-16(12)15-4-5-24(9-14(15)7-19)28(26,27)17-8-21-23(3)13(17)2;1-11-5-16-20-10-22-25(16)9-14(11)13-3-4-24(8-12(13)6-19)28(26,27)15-7-21-23(2)17(15)18/h6,8,10-11H,4-5,9H2,1-3H3;5,7,9-10H,3-4,8H2,1-2H3. The first-order valence-corrected chi connectivity index (χ1v) is 20.4. The Morgan fingerprint density at radius 2 is 1.12 bits per heavy atom. The minimum Gasteiger partial charge on any atom is -0.272 e. The van der Waals surface area contributed by atoms with Crippen molar-refractivity contribution in [1.82, 2.24) is 57.4 Å². The van der Waals surface area contributed by atoms with Gasteiger partial charge in [0, 0.05) is 74.9 Å². The molecule has 56 heavy (non-hydrogen) atoms. The minimum atomic E-state index is -3.85. The van der Waals surface area contributed by atoms with Gasteiger partial charge in [-0.1, -0.05) is 11.6 Å². The Morgan fingerprint density at radius 3 is 1.54 bits per heavy atom. The van der Waals surface area contributed by atoms with E-state index in [1.165, 1.54) is 43.0 Å². The van der Waals surface area contributed by atoms with Gasteiger partial charge >= 0.3 is 0 Å². The zero-order valence-electron chi connectivity index (χ0n) is 30.9. The molecule has 0 N–H and O–H groups in total. The summed E-state index contributed by atoms with van der Waals surface area (Å²) < 4.78 is 60.8. The van der Waals surface area contributed by atoms with Crippen molar-refractivity contribution in [3.05, 3.63) is 93.8 Å². The number of pyridine rings is 2. The monoisotopic (exact) mass is 814 g/mol. The molecule has 0 saturated heterocycles. The van der Waals surface area contributed by atoms with E-state index in [0.717, 1.165) is 39.0 Å². The van der Waals surface area contributed by atoms with E-state index in [4.69, 9.17) is 11.6 Å². The average Bonchev–Trinajstić information content (AvgIpc) is 3.99. The van der Waals surface area contributed by atoms with Crippen LogP contribution in [0, 0.1) is 43.4 Å². The second-order valence-electron chi connectivity index (χ2n) is 13.3. The molecule has 2 aliphatic heterocycles. The second kappa shape index (κ2) is 14.7. The van der Waals surface area contributed by atoms with Crippen LogP contribution in [-0.4, -0.2) is 100 Å². The molecule has 8 rings (SSSR count). The largest absolute Gasteiger partial charge is 0.272 e. The molecule has 6 aromatic heterocycles. The fourth-order valence-electron chi connectivity index (χ4n) is 6.82. The quantitative estimate of drug-likeness (QED) is 0.237. The smallest absolute Gasteiger partial charge is 0.248 e. The van der Waals surface area contributed by atoms with Gasteiger partial charge in [-0.2, -0.15) is 39.5 Å². The minimum absolute atomic E-state index is 0.0196. The maximum Gasteiger partial charge on any atom is 0.248 e. The van der Waals surface area contributed by atoms with E-state index >= 15 is 0 Å². The molecule has 18 nitrogen and oxygen atoms in total. The molecule has 6 aromatic rings. The summed E-state index contributed by atoms with van der Waals surface area (Å²) in [5.41, 5.74) is 8.22. The van der Waals surface area contributed by atoms with E-state index in [0.29, 0.717) is 41.9 Å². The summed E-state index contributed by atoms with van der Waals surface area (Å²) in [4.78, 5) is 8.44. The molecular weight excluding hydrogens is 780 g/mol. The summed E-state index contributed by atoms with van der Waals surface area (Å²) in [6, 6.07) is 8.17. The Hall–Kier alpha value is -5.77. The Labute approximate surface area is 327 Å². The van der Waals surface area contributed by atoms with Crippen LogP contribution in [0.15, 0.2) is 70.5 Å². The number of fused-ring (bicyclic) bond motifs is 2. The second-order valence-corrected chi connectivity index (χ2v) is 17.5. The first-order valence-electron chi connectivity index (χ1n) is 17.2. The number of halogens is 1. The molecular formula is C35H35ClN14O4S2. The van der Waals surface area contributed by atoms with Gasteiger partial charge in [-0.05, 0) is 68.0 Å². The van der Waals surface area contributed by atoms with E-state index in [-0.39, 0.29) is 34.6 Å². The molecule has 0 atom stereocenters. The van der Waals surface area contributed by atoms with E-state index in [2.05, 4.69) is 42.5 Å². The molecule has 8 heterocycles. The first kappa shape index (κ1) is 38.5. The third kappa shape index (κ3) is 6.75. The first-order chi connectivity index (χ1) is 26.6. The maximum atomic E-state index is 13.1. The molecule has 0 saturated carbocycles. The van der Waals surface area contributed by atoms with Crippen molar-refractivity contribution >= 4 is 54.1 Å². The van der Waals surface area contributed by atoms with Gasteiger partial charge in [-0.25, -0.2) is 35.8 Å². The predicted molar refractivity (Wildman–Crippen MR) is 203 cm³/mol. The van der Waals surface area contributed by atoms with Crippen LogP contribution in [0.2, 0.25) is 5.15 Å². The highest BCUT2D eigenvalue weighted by atomic mass is 35.5. The fourth-order valence-corrected chi connectivity index (χ4v) is 10.2. The third-order valence-corrected chi connectivity index (χ3v) is 14.4. The topological polar surface area (TPSA) is 218 Å². The molecule has 0 spiro atoms. The van der Waals surface area contributed by atoms with E-state index < -0.39 is 20.0 Å². The summed E-state index contributed by atoms with van der Waals surface area (Å²) in [5.74, 6) is 0. The zero-order valence-corrected chi connectivity index (χ0v) is 33.3. The van der Waals surface area contributed by atoms with E-state index in [9.17, 15) is 27.4 Å². The number of hydrogen-bond acceptors (Lipinski definition) is 12. The van der Waals surface area contributed by atoms with Crippen molar-refractivity contribution in [2.45, 2.75) is 43.4 Å². The highest BCUT2D eigenvalue weighted by Crippen LogP contribution is 2.34. The Morgan fingerprint density at radius 1 is 0.679 bits per heavy atom. The van der Waals surface area contributed by atoms with Crippen LogP contribution in [0.4, 0.5) is 0 Å². The lowest BCUT2D eigenvalue weighted by molar-refractivity contribution is 0.434. The van der Waals surface area contributed by atoms with Crippen molar-refractivity contribution in [3.8, 4) is 12.1 Å². The summed E-state index contributed by atoms with van der Waals surface area (Å²) in [5, 5.41) is 35.7. The Balaban J connectivity index is 0.000000172. The molecule has 288 valence electrons. The summed E-state index contributed by atoms with van der Waals surface area (Å²) in [6.45, 7) is 6.16.